The Morgan fingerprint density at radius 2 is 1.96 bits per heavy atom. The van der Waals surface area contributed by atoms with E-state index in [0.29, 0.717) is 6.54 Å². The minimum absolute atomic E-state index is 0.106. The summed E-state index contributed by atoms with van der Waals surface area (Å²) in [6, 6.07) is 7.87. The van der Waals surface area contributed by atoms with Gasteiger partial charge in [0, 0.05) is 44.2 Å². The van der Waals surface area contributed by atoms with Gasteiger partial charge in [-0.1, -0.05) is 0 Å². The van der Waals surface area contributed by atoms with Gasteiger partial charge in [0.2, 0.25) is 0 Å². The fraction of sp³-hybridized carbons (Fsp3) is 0.450. The number of nitrogens with one attached hydrogen (secondary N) is 1. The quantitative estimate of drug-likeness (QED) is 0.705. The zero-order chi connectivity index (χ0) is 19.5. The van der Waals surface area contributed by atoms with Crippen LogP contribution in [0.4, 0.5) is 10.2 Å². The molecule has 0 unspecified atom stereocenters. The van der Waals surface area contributed by atoms with E-state index in [-0.39, 0.29) is 12.8 Å². The summed E-state index contributed by atoms with van der Waals surface area (Å²) in [6.07, 6.45) is 1.68. The standard InChI is InChI=1S/C20H25FN6O/c1-14(2)28-15-3-4-17-16(11-15)20(25-24-17)18-12-19(23-13-22-18)27-9-7-26(6-5-21)8-10-27/h3-4,11-14H,5-10H2,1-2H3,(H,24,25). The number of ether oxygens (including phenoxy) is 1. The van der Waals surface area contributed by atoms with Crippen LogP contribution in [0.1, 0.15) is 13.8 Å². The van der Waals surface area contributed by atoms with E-state index in [2.05, 4.69) is 30.0 Å². The van der Waals surface area contributed by atoms with Crippen molar-refractivity contribution in [2.24, 2.45) is 0 Å². The summed E-state index contributed by atoms with van der Waals surface area (Å²) in [6.45, 7) is 7.54. The van der Waals surface area contributed by atoms with Gasteiger partial charge in [-0.15, -0.1) is 0 Å². The maximum absolute atomic E-state index is 12.5. The summed E-state index contributed by atoms with van der Waals surface area (Å²) in [4.78, 5) is 13.2. The number of rotatable bonds is 6. The number of fused-ring (bicyclic) bond motifs is 1. The minimum atomic E-state index is -0.299. The van der Waals surface area contributed by atoms with Gasteiger partial charge < -0.3 is 9.64 Å². The van der Waals surface area contributed by atoms with E-state index in [1.807, 2.05) is 38.1 Å². The normalized spacial score (nSPS) is 15.5. The van der Waals surface area contributed by atoms with Crippen LogP contribution in [0, 0.1) is 0 Å². The van der Waals surface area contributed by atoms with Gasteiger partial charge in [-0.25, -0.2) is 14.4 Å². The average molecular weight is 384 g/mol. The zero-order valence-corrected chi connectivity index (χ0v) is 16.2. The summed E-state index contributed by atoms with van der Waals surface area (Å²) < 4.78 is 18.4. The first kappa shape index (κ1) is 18.6. The molecule has 1 aromatic carbocycles. The second kappa shape index (κ2) is 8.10. The van der Waals surface area contributed by atoms with Crippen LogP contribution >= 0.6 is 0 Å². The van der Waals surface area contributed by atoms with Gasteiger partial charge in [-0.3, -0.25) is 10.00 Å². The molecule has 1 fully saturated rings. The van der Waals surface area contributed by atoms with Crippen LogP contribution in [0.15, 0.2) is 30.6 Å². The van der Waals surface area contributed by atoms with Crippen molar-refractivity contribution in [2.45, 2.75) is 20.0 Å². The Hall–Kier alpha value is -2.74. The van der Waals surface area contributed by atoms with E-state index in [1.54, 1.807) is 6.33 Å². The molecule has 1 aliphatic heterocycles. The van der Waals surface area contributed by atoms with Gasteiger partial charge in [0.15, 0.2) is 0 Å². The molecule has 1 N–H and O–H groups in total. The number of alkyl halides is 1. The average Bonchev–Trinajstić information content (AvgIpc) is 3.12. The topological polar surface area (TPSA) is 70.2 Å². The van der Waals surface area contributed by atoms with Crippen molar-refractivity contribution in [3.8, 4) is 17.1 Å². The maximum Gasteiger partial charge on any atom is 0.132 e. The number of hydrogen-bond donors (Lipinski definition) is 1. The summed E-state index contributed by atoms with van der Waals surface area (Å²) in [5.74, 6) is 1.68. The number of halogens is 1. The van der Waals surface area contributed by atoms with Gasteiger partial charge in [0.25, 0.3) is 0 Å². The van der Waals surface area contributed by atoms with Crippen LogP contribution in [0.25, 0.3) is 22.3 Å². The monoisotopic (exact) mass is 384 g/mol. The number of anilines is 1. The fourth-order valence-corrected chi connectivity index (χ4v) is 3.50. The van der Waals surface area contributed by atoms with Crippen LogP contribution in [-0.2, 0) is 0 Å². The van der Waals surface area contributed by atoms with E-state index < -0.39 is 0 Å². The Kier molecular flexibility index (Phi) is 5.38. The van der Waals surface area contributed by atoms with Crippen molar-refractivity contribution >= 4 is 16.7 Å². The predicted molar refractivity (Wildman–Crippen MR) is 108 cm³/mol. The van der Waals surface area contributed by atoms with Gasteiger partial charge in [-0.2, -0.15) is 5.10 Å². The Balaban J connectivity index is 1.59. The lowest BCUT2D eigenvalue weighted by Gasteiger charge is -2.34. The van der Waals surface area contributed by atoms with E-state index in [9.17, 15) is 4.39 Å². The molecule has 0 atom stereocenters. The third-order valence-electron chi connectivity index (χ3n) is 4.90. The Labute approximate surface area is 163 Å². The smallest absolute Gasteiger partial charge is 0.132 e. The van der Waals surface area contributed by atoms with Crippen LogP contribution in [0.5, 0.6) is 5.75 Å². The second-order valence-electron chi connectivity index (χ2n) is 7.23. The SMILES string of the molecule is CC(C)Oc1ccc2[nH]nc(-c3cc(N4CCN(CCF)CC4)ncn3)c2c1. The molecule has 4 rings (SSSR count). The predicted octanol–water partition coefficient (Wildman–Crippen LogP) is 2.90. The van der Waals surface area contributed by atoms with E-state index >= 15 is 0 Å². The van der Waals surface area contributed by atoms with Crippen LogP contribution in [0.3, 0.4) is 0 Å². The molecule has 7 nitrogen and oxygen atoms in total. The van der Waals surface area contributed by atoms with Gasteiger partial charge in [0.1, 0.15) is 30.3 Å². The second-order valence-corrected chi connectivity index (χ2v) is 7.23. The molecule has 1 saturated heterocycles. The molecule has 3 aromatic rings. The van der Waals surface area contributed by atoms with Crippen LogP contribution < -0.4 is 9.64 Å². The number of hydrogen-bond acceptors (Lipinski definition) is 6. The molecule has 148 valence electrons. The largest absolute Gasteiger partial charge is 0.491 e. The van der Waals surface area contributed by atoms with Crippen molar-refractivity contribution in [1.82, 2.24) is 25.1 Å². The molecule has 0 saturated carbocycles. The Bertz CT molecular complexity index is 935. The molecule has 3 heterocycles. The van der Waals surface area contributed by atoms with Crippen LogP contribution in [-0.4, -0.2) is 70.6 Å². The number of H-pyrrole nitrogens is 1. The fourth-order valence-electron chi connectivity index (χ4n) is 3.50. The Morgan fingerprint density at radius 3 is 2.71 bits per heavy atom. The van der Waals surface area contributed by atoms with Crippen molar-refractivity contribution in [1.29, 1.82) is 0 Å². The molecule has 0 aliphatic carbocycles. The molecule has 0 spiro atoms. The van der Waals surface area contributed by atoms with Gasteiger partial charge >= 0.3 is 0 Å². The number of benzene rings is 1. The van der Waals surface area contributed by atoms with Crippen LogP contribution in [0.2, 0.25) is 0 Å². The summed E-state index contributed by atoms with van der Waals surface area (Å²) in [5.41, 5.74) is 2.49. The molecule has 0 bridgehead atoms. The lowest BCUT2D eigenvalue weighted by Crippen LogP contribution is -2.47. The van der Waals surface area contributed by atoms with E-state index in [1.165, 1.54) is 0 Å². The first-order chi connectivity index (χ1) is 13.6. The molecule has 0 radical (unpaired) electrons. The first-order valence-corrected chi connectivity index (χ1v) is 9.64. The lowest BCUT2D eigenvalue weighted by molar-refractivity contribution is 0.235. The van der Waals surface area contributed by atoms with Crippen molar-refractivity contribution in [2.75, 3.05) is 44.3 Å². The summed E-state index contributed by atoms with van der Waals surface area (Å²) >= 11 is 0. The lowest BCUT2D eigenvalue weighted by atomic mass is 10.1. The Morgan fingerprint density at radius 1 is 1.14 bits per heavy atom. The molecule has 2 aromatic heterocycles. The van der Waals surface area contributed by atoms with Crippen molar-refractivity contribution in [3.05, 3.63) is 30.6 Å². The highest BCUT2D eigenvalue weighted by molar-refractivity contribution is 5.93. The molecule has 0 amide bonds. The number of aromatic nitrogens is 4. The highest BCUT2D eigenvalue weighted by Gasteiger charge is 2.19. The minimum Gasteiger partial charge on any atom is -0.491 e. The molecular formula is C20H25FN6O. The van der Waals surface area contributed by atoms with Gasteiger partial charge in [0.05, 0.1) is 17.3 Å². The molecule has 8 heteroatoms. The van der Waals surface area contributed by atoms with E-state index in [4.69, 9.17) is 4.74 Å². The van der Waals surface area contributed by atoms with Gasteiger partial charge in [-0.05, 0) is 32.0 Å². The zero-order valence-electron chi connectivity index (χ0n) is 16.2. The summed E-state index contributed by atoms with van der Waals surface area (Å²) in [5, 5.41) is 8.50. The molecular weight excluding hydrogens is 359 g/mol. The third kappa shape index (κ3) is 3.91. The number of piperazine rings is 1. The van der Waals surface area contributed by atoms with Crippen molar-refractivity contribution < 1.29 is 9.13 Å². The van der Waals surface area contributed by atoms with Crippen molar-refractivity contribution in [3.63, 3.8) is 0 Å². The number of nitrogens with zero attached hydrogens (tertiary/aromatic N) is 5. The molecule has 28 heavy (non-hydrogen) atoms. The number of aromatic amines is 1. The molecule has 1 aliphatic rings. The third-order valence-corrected chi connectivity index (χ3v) is 4.90. The highest BCUT2D eigenvalue weighted by Crippen LogP contribution is 2.30. The first-order valence-electron chi connectivity index (χ1n) is 9.64. The van der Waals surface area contributed by atoms with E-state index in [0.717, 1.165) is 60.0 Å². The summed E-state index contributed by atoms with van der Waals surface area (Å²) in [7, 11) is 0. The highest BCUT2D eigenvalue weighted by atomic mass is 19.1. The maximum atomic E-state index is 12.5.